The number of nitrogens with one attached hydrogen (secondary N) is 1. The molecule has 0 bridgehead atoms. The van der Waals surface area contributed by atoms with E-state index in [4.69, 9.17) is 23.2 Å². The van der Waals surface area contributed by atoms with Crippen molar-refractivity contribution in [3.63, 3.8) is 0 Å². The van der Waals surface area contributed by atoms with Crippen LogP contribution in [0.15, 0.2) is 18.2 Å². The number of halogens is 2. The molecule has 0 saturated carbocycles. The number of likely N-dealkylation sites (tertiary alicyclic amines) is 1. The van der Waals surface area contributed by atoms with Crippen LogP contribution in [0.3, 0.4) is 0 Å². The number of anilines is 1. The lowest BCUT2D eigenvalue weighted by atomic mass is 9.97. The number of piperidine rings is 1. The van der Waals surface area contributed by atoms with Crippen molar-refractivity contribution in [3.8, 4) is 0 Å². The lowest BCUT2D eigenvalue weighted by molar-refractivity contribution is -0.119. The Bertz CT molecular complexity index is 510. The molecule has 1 aliphatic rings. The molecule has 1 heterocycles. The van der Waals surface area contributed by atoms with Gasteiger partial charge in [-0.25, -0.2) is 0 Å². The molecule has 0 aromatic heterocycles. The van der Waals surface area contributed by atoms with E-state index in [0.717, 1.165) is 19.3 Å². The Kier molecular flexibility index (Phi) is 5.88. The highest BCUT2D eigenvalue weighted by Gasteiger charge is 2.28. The van der Waals surface area contributed by atoms with Crippen molar-refractivity contribution in [3.05, 3.63) is 28.2 Å². The van der Waals surface area contributed by atoms with Crippen LogP contribution in [0, 0.1) is 0 Å². The molecule has 21 heavy (non-hydrogen) atoms. The fraction of sp³-hybridized carbons (Fsp3) is 0.533. The number of hydrogen-bond acceptors (Lipinski definition) is 3. The van der Waals surface area contributed by atoms with Crippen LogP contribution in [0.4, 0.5) is 5.69 Å². The predicted octanol–water partition coefficient (Wildman–Crippen LogP) is 3.17. The van der Waals surface area contributed by atoms with Crippen molar-refractivity contribution >= 4 is 34.8 Å². The van der Waals surface area contributed by atoms with Gasteiger partial charge in [0.15, 0.2) is 0 Å². The van der Waals surface area contributed by atoms with Gasteiger partial charge >= 0.3 is 0 Å². The van der Waals surface area contributed by atoms with E-state index in [2.05, 4.69) is 17.1 Å². The molecule has 2 rings (SSSR count). The van der Waals surface area contributed by atoms with Gasteiger partial charge in [-0.15, -0.1) is 0 Å². The Hall–Kier alpha value is -0.810. The maximum atomic E-state index is 12.2. The van der Waals surface area contributed by atoms with Gasteiger partial charge in [0.25, 0.3) is 0 Å². The third-order valence-electron chi connectivity index (χ3n) is 3.93. The second kappa shape index (κ2) is 7.45. The molecule has 1 aromatic rings. The molecule has 0 radical (unpaired) electrons. The average molecular weight is 331 g/mol. The summed E-state index contributed by atoms with van der Waals surface area (Å²) in [5.41, 5.74) is 0.513. The van der Waals surface area contributed by atoms with E-state index < -0.39 is 0 Å². The highest BCUT2D eigenvalue weighted by Crippen LogP contribution is 2.26. The van der Waals surface area contributed by atoms with Crippen LogP contribution in [-0.4, -0.2) is 41.1 Å². The van der Waals surface area contributed by atoms with Crippen molar-refractivity contribution in [2.75, 3.05) is 18.5 Å². The molecule has 1 saturated heterocycles. The topological polar surface area (TPSA) is 52.6 Å². The Morgan fingerprint density at radius 3 is 2.90 bits per heavy atom. The Morgan fingerprint density at radius 2 is 2.19 bits per heavy atom. The van der Waals surface area contributed by atoms with E-state index in [1.165, 1.54) is 0 Å². The first kappa shape index (κ1) is 16.6. The van der Waals surface area contributed by atoms with E-state index in [9.17, 15) is 9.90 Å². The van der Waals surface area contributed by atoms with Crippen molar-refractivity contribution in [2.24, 2.45) is 0 Å². The van der Waals surface area contributed by atoms with E-state index in [1.807, 2.05) is 0 Å². The SMILES string of the molecule is CC1CCCC(CO)N1CC(=O)Nc1cc(Cl)ccc1Cl. The van der Waals surface area contributed by atoms with Gasteiger partial charge in [0.05, 0.1) is 23.9 Å². The third-order valence-corrected chi connectivity index (χ3v) is 4.50. The summed E-state index contributed by atoms with van der Waals surface area (Å²) in [4.78, 5) is 14.3. The smallest absolute Gasteiger partial charge is 0.238 e. The molecule has 0 aliphatic carbocycles. The summed E-state index contributed by atoms with van der Waals surface area (Å²) < 4.78 is 0. The van der Waals surface area contributed by atoms with Gasteiger partial charge in [0.1, 0.15) is 0 Å². The molecule has 1 aromatic carbocycles. The van der Waals surface area contributed by atoms with Gasteiger partial charge < -0.3 is 10.4 Å². The summed E-state index contributed by atoms with van der Waals surface area (Å²) >= 11 is 11.9. The molecule has 4 nitrogen and oxygen atoms in total. The van der Waals surface area contributed by atoms with Crippen molar-refractivity contribution < 1.29 is 9.90 Å². The van der Waals surface area contributed by atoms with Crippen LogP contribution in [0.5, 0.6) is 0 Å². The fourth-order valence-electron chi connectivity index (χ4n) is 2.77. The normalized spacial score (nSPS) is 23.0. The van der Waals surface area contributed by atoms with Gasteiger partial charge in [-0.1, -0.05) is 29.6 Å². The molecule has 2 atom stereocenters. The van der Waals surface area contributed by atoms with E-state index in [1.54, 1.807) is 18.2 Å². The van der Waals surface area contributed by atoms with E-state index in [-0.39, 0.29) is 31.1 Å². The molecule has 116 valence electrons. The van der Waals surface area contributed by atoms with Gasteiger partial charge in [0, 0.05) is 17.1 Å². The number of carbonyl (C=O) groups excluding carboxylic acids is 1. The minimum atomic E-state index is -0.147. The quantitative estimate of drug-likeness (QED) is 0.891. The molecule has 2 N–H and O–H groups in total. The molecule has 1 fully saturated rings. The number of amides is 1. The van der Waals surface area contributed by atoms with Crippen LogP contribution in [0.2, 0.25) is 10.0 Å². The first-order chi connectivity index (χ1) is 10.0. The fourth-order valence-corrected chi connectivity index (χ4v) is 3.11. The minimum absolute atomic E-state index is 0.0503. The molecule has 6 heteroatoms. The zero-order valence-electron chi connectivity index (χ0n) is 12.0. The van der Waals surface area contributed by atoms with Crippen molar-refractivity contribution in [2.45, 2.75) is 38.3 Å². The van der Waals surface area contributed by atoms with Crippen LogP contribution >= 0.6 is 23.2 Å². The minimum Gasteiger partial charge on any atom is -0.395 e. The maximum Gasteiger partial charge on any atom is 0.238 e. The van der Waals surface area contributed by atoms with Crippen molar-refractivity contribution in [1.82, 2.24) is 4.90 Å². The number of aliphatic hydroxyl groups is 1. The predicted molar refractivity (Wildman–Crippen MR) is 86.0 cm³/mol. The van der Waals surface area contributed by atoms with Gasteiger partial charge in [-0.2, -0.15) is 0 Å². The van der Waals surface area contributed by atoms with Crippen LogP contribution in [0.1, 0.15) is 26.2 Å². The number of hydrogen-bond donors (Lipinski definition) is 2. The van der Waals surface area contributed by atoms with E-state index in [0.29, 0.717) is 15.7 Å². The zero-order valence-corrected chi connectivity index (χ0v) is 13.5. The first-order valence-corrected chi connectivity index (χ1v) is 7.88. The highest BCUT2D eigenvalue weighted by molar-refractivity contribution is 6.35. The summed E-state index contributed by atoms with van der Waals surface area (Å²) in [6.07, 6.45) is 3.05. The lowest BCUT2D eigenvalue weighted by Gasteiger charge is -2.39. The van der Waals surface area contributed by atoms with Gasteiger partial charge in [0.2, 0.25) is 5.91 Å². The number of rotatable bonds is 4. The van der Waals surface area contributed by atoms with Gasteiger partial charge in [-0.05, 0) is 38.0 Å². The molecular formula is C15H20Cl2N2O2. The van der Waals surface area contributed by atoms with Crippen LogP contribution in [-0.2, 0) is 4.79 Å². The largest absolute Gasteiger partial charge is 0.395 e. The second-order valence-electron chi connectivity index (χ2n) is 5.46. The second-order valence-corrected chi connectivity index (χ2v) is 6.30. The van der Waals surface area contributed by atoms with Crippen molar-refractivity contribution in [1.29, 1.82) is 0 Å². The van der Waals surface area contributed by atoms with Gasteiger partial charge in [-0.3, -0.25) is 9.69 Å². The molecule has 1 amide bonds. The van der Waals surface area contributed by atoms with E-state index >= 15 is 0 Å². The zero-order chi connectivity index (χ0) is 15.4. The maximum absolute atomic E-state index is 12.2. The number of aliphatic hydroxyl groups excluding tert-OH is 1. The Balaban J connectivity index is 2.01. The number of nitrogens with zero attached hydrogens (tertiary/aromatic N) is 1. The third kappa shape index (κ3) is 4.33. The number of benzene rings is 1. The summed E-state index contributed by atoms with van der Waals surface area (Å²) in [5, 5.41) is 13.2. The summed E-state index contributed by atoms with van der Waals surface area (Å²) in [6.45, 7) is 2.41. The molecular weight excluding hydrogens is 311 g/mol. The Morgan fingerprint density at radius 1 is 1.43 bits per heavy atom. The molecule has 2 unspecified atom stereocenters. The van der Waals surface area contributed by atoms with Crippen LogP contribution in [0.25, 0.3) is 0 Å². The summed E-state index contributed by atoms with van der Waals surface area (Å²) in [7, 11) is 0. The Labute approximate surface area is 135 Å². The first-order valence-electron chi connectivity index (χ1n) is 7.12. The summed E-state index contributed by atoms with van der Waals surface area (Å²) in [6, 6.07) is 5.30. The average Bonchev–Trinajstić information content (AvgIpc) is 2.45. The monoisotopic (exact) mass is 330 g/mol. The standard InChI is InChI=1S/C15H20Cl2N2O2/c1-10-3-2-4-12(9-20)19(10)8-15(21)18-14-7-11(16)5-6-13(14)17/h5-7,10,12,20H,2-4,8-9H2,1H3,(H,18,21). The molecule has 1 aliphatic heterocycles. The summed E-state index contributed by atoms with van der Waals surface area (Å²) in [5.74, 6) is -0.147. The molecule has 0 spiro atoms. The van der Waals surface area contributed by atoms with Crippen LogP contribution < -0.4 is 5.32 Å². The lowest BCUT2D eigenvalue weighted by Crippen LogP contribution is -2.50. The number of carbonyl (C=O) groups is 1. The highest BCUT2D eigenvalue weighted by atomic mass is 35.5.